The fourth-order valence-corrected chi connectivity index (χ4v) is 3.42. The van der Waals surface area contributed by atoms with Crippen molar-refractivity contribution < 1.29 is 9.53 Å². The van der Waals surface area contributed by atoms with Crippen molar-refractivity contribution in [1.29, 1.82) is 0 Å². The smallest absolute Gasteiger partial charge is 0.226 e. The number of allylic oxidation sites excluding steroid dienone is 2. The first-order valence-corrected chi connectivity index (χ1v) is 8.38. The Morgan fingerprint density at radius 3 is 3.10 bits per heavy atom. The summed E-state index contributed by atoms with van der Waals surface area (Å²) in [4.78, 5) is 18.8. The second-order valence-electron chi connectivity index (χ2n) is 5.55. The van der Waals surface area contributed by atoms with E-state index in [9.17, 15) is 4.79 Å². The zero-order valence-corrected chi connectivity index (χ0v) is 12.9. The second-order valence-corrected chi connectivity index (χ2v) is 6.41. The minimum Gasteiger partial charge on any atom is -0.379 e. The van der Waals surface area contributed by atoms with Gasteiger partial charge in [-0.2, -0.15) is 0 Å². The third kappa shape index (κ3) is 4.36. The lowest BCUT2D eigenvalue weighted by Crippen LogP contribution is -2.35. The highest BCUT2D eigenvalue weighted by Gasteiger charge is 2.16. The van der Waals surface area contributed by atoms with Crippen molar-refractivity contribution in [3.05, 3.63) is 23.2 Å². The largest absolute Gasteiger partial charge is 0.379 e. The predicted molar refractivity (Wildman–Crippen MR) is 83.3 cm³/mol. The summed E-state index contributed by atoms with van der Waals surface area (Å²) >= 11 is 1.51. The van der Waals surface area contributed by atoms with Crippen molar-refractivity contribution in [2.45, 2.75) is 25.8 Å². The first kappa shape index (κ1) is 14.7. The van der Waals surface area contributed by atoms with Gasteiger partial charge in [-0.15, -0.1) is 11.3 Å². The van der Waals surface area contributed by atoms with Gasteiger partial charge in [-0.1, -0.05) is 12.2 Å². The lowest BCUT2D eigenvalue weighted by molar-refractivity contribution is -0.116. The molecule has 114 valence electrons. The third-order valence-corrected chi connectivity index (χ3v) is 4.65. The van der Waals surface area contributed by atoms with Gasteiger partial charge in [0.15, 0.2) is 5.13 Å². The number of hydrogen-bond donors (Lipinski definition) is 1. The first-order chi connectivity index (χ1) is 10.3. The number of amides is 1. The van der Waals surface area contributed by atoms with Gasteiger partial charge in [0.2, 0.25) is 5.91 Å². The van der Waals surface area contributed by atoms with Crippen LogP contribution in [-0.4, -0.2) is 42.1 Å². The normalized spacial score (nSPS) is 22.6. The van der Waals surface area contributed by atoms with Crippen LogP contribution in [-0.2, 0) is 16.1 Å². The molecule has 1 aliphatic carbocycles. The lowest BCUT2D eigenvalue weighted by Gasteiger charge is -2.25. The molecule has 1 saturated heterocycles. The Bertz CT molecular complexity index is 509. The molecule has 2 heterocycles. The van der Waals surface area contributed by atoms with E-state index in [0.717, 1.165) is 51.4 Å². The summed E-state index contributed by atoms with van der Waals surface area (Å²) in [7, 11) is 0. The van der Waals surface area contributed by atoms with E-state index in [1.165, 1.54) is 11.3 Å². The van der Waals surface area contributed by atoms with Gasteiger partial charge < -0.3 is 10.1 Å². The molecular formula is C15H21N3O2S. The molecule has 1 amide bonds. The topological polar surface area (TPSA) is 54.5 Å². The van der Waals surface area contributed by atoms with Crippen LogP contribution in [0.3, 0.4) is 0 Å². The molecule has 0 saturated carbocycles. The van der Waals surface area contributed by atoms with Crippen molar-refractivity contribution in [1.82, 2.24) is 9.88 Å². The monoisotopic (exact) mass is 307 g/mol. The molecule has 1 aliphatic heterocycles. The Morgan fingerprint density at radius 1 is 1.48 bits per heavy atom. The predicted octanol–water partition coefficient (Wildman–Crippen LogP) is 2.27. The summed E-state index contributed by atoms with van der Waals surface area (Å²) in [5.41, 5.74) is 1.03. The zero-order valence-electron chi connectivity index (χ0n) is 12.1. The van der Waals surface area contributed by atoms with E-state index in [0.29, 0.717) is 17.5 Å². The van der Waals surface area contributed by atoms with Crippen LogP contribution in [0.5, 0.6) is 0 Å². The number of aromatic nitrogens is 1. The van der Waals surface area contributed by atoms with Crippen molar-refractivity contribution in [2.75, 3.05) is 31.6 Å². The molecule has 2 aliphatic rings. The highest BCUT2D eigenvalue weighted by Crippen LogP contribution is 2.22. The van der Waals surface area contributed by atoms with E-state index in [-0.39, 0.29) is 5.91 Å². The molecule has 0 radical (unpaired) electrons. The van der Waals surface area contributed by atoms with Crippen LogP contribution in [0.15, 0.2) is 17.5 Å². The summed E-state index contributed by atoms with van der Waals surface area (Å²) in [6.45, 7) is 4.33. The molecule has 21 heavy (non-hydrogen) atoms. The Morgan fingerprint density at radius 2 is 2.33 bits per heavy atom. The zero-order chi connectivity index (χ0) is 14.5. The Kier molecular flexibility index (Phi) is 5.00. The first-order valence-electron chi connectivity index (χ1n) is 7.50. The third-order valence-electron chi connectivity index (χ3n) is 3.85. The van der Waals surface area contributed by atoms with E-state index in [1.54, 1.807) is 0 Å². The van der Waals surface area contributed by atoms with Gasteiger partial charge in [-0.3, -0.25) is 9.69 Å². The standard InChI is InChI=1S/C15H21N3O2S/c19-14(9-12-3-1-2-4-12)17-15-16-13(11-21-15)10-18-5-7-20-8-6-18/h1,3,11-12H,2,4-10H2,(H,16,17,19)/t12-/m1/s1. The van der Waals surface area contributed by atoms with Crippen LogP contribution in [0.25, 0.3) is 0 Å². The number of carbonyl (C=O) groups is 1. The quantitative estimate of drug-likeness (QED) is 0.848. The van der Waals surface area contributed by atoms with E-state index in [1.807, 2.05) is 5.38 Å². The Hall–Kier alpha value is -1.24. The molecule has 1 fully saturated rings. The number of nitrogens with one attached hydrogen (secondary N) is 1. The molecule has 0 aromatic carbocycles. The van der Waals surface area contributed by atoms with E-state index >= 15 is 0 Å². The second kappa shape index (κ2) is 7.15. The molecule has 0 unspecified atom stereocenters. The maximum Gasteiger partial charge on any atom is 0.226 e. The number of nitrogens with zero attached hydrogens (tertiary/aromatic N) is 2. The molecule has 1 aromatic heterocycles. The minimum absolute atomic E-state index is 0.0684. The number of thiazole rings is 1. The molecule has 0 bridgehead atoms. The number of ether oxygens (including phenoxy) is 1. The van der Waals surface area contributed by atoms with Crippen molar-refractivity contribution >= 4 is 22.4 Å². The summed E-state index contributed by atoms with van der Waals surface area (Å²) in [5.74, 6) is 0.469. The summed E-state index contributed by atoms with van der Waals surface area (Å²) in [6, 6.07) is 0. The Labute approximate surface area is 129 Å². The summed E-state index contributed by atoms with van der Waals surface area (Å²) in [6.07, 6.45) is 7.05. The Balaban J connectivity index is 1.47. The van der Waals surface area contributed by atoms with Crippen LogP contribution in [0.2, 0.25) is 0 Å². The van der Waals surface area contributed by atoms with E-state index < -0.39 is 0 Å². The number of hydrogen-bond acceptors (Lipinski definition) is 5. The molecule has 5 nitrogen and oxygen atoms in total. The average Bonchev–Trinajstić information content (AvgIpc) is 3.12. The fourth-order valence-electron chi connectivity index (χ4n) is 2.70. The maximum absolute atomic E-state index is 12.0. The summed E-state index contributed by atoms with van der Waals surface area (Å²) in [5, 5.41) is 5.66. The number of rotatable bonds is 5. The highest BCUT2D eigenvalue weighted by molar-refractivity contribution is 7.13. The van der Waals surface area contributed by atoms with Gasteiger partial charge in [0.25, 0.3) is 0 Å². The molecule has 3 rings (SSSR count). The number of anilines is 1. The van der Waals surface area contributed by atoms with E-state index in [2.05, 4.69) is 27.4 Å². The van der Waals surface area contributed by atoms with Gasteiger partial charge in [0.1, 0.15) is 0 Å². The SMILES string of the molecule is O=C(C[C@@H]1C=CCC1)Nc1nc(CN2CCOCC2)cs1. The molecular weight excluding hydrogens is 286 g/mol. The fraction of sp³-hybridized carbons (Fsp3) is 0.600. The molecule has 1 N–H and O–H groups in total. The van der Waals surface area contributed by atoms with Crippen LogP contribution in [0, 0.1) is 5.92 Å². The molecule has 6 heteroatoms. The van der Waals surface area contributed by atoms with Gasteiger partial charge in [-0.25, -0.2) is 4.98 Å². The summed E-state index contributed by atoms with van der Waals surface area (Å²) < 4.78 is 5.34. The lowest BCUT2D eigenvalue weighted by atomic mass is 10.1. The minimum atomic E-state index is 0.0684. The average molecular weight is 307 g/mol. The maximum atomic E-state index is 12.0. The number of morpholine rings is 1. The van der Waals surface area contributed by atoms with Gasteiger partial charge in [-0.05, 0) is 18.8 Å². The van der Waals surface area contributed by atoms with Crippen LogP contribution >= 0.6 is 11.3 Å². The van der Waals surface area contributed by atoms with Crippen LogP contribution in [0.1, 0.15) is 25.0 Å². The van der Waals surface area contributed by atoms with Crippen molar-refractivity contribution in [3.8, 4) is 0 Å². The molecule has 0 spiro atoms. The van der Waals surface area contributed by atoms with E-state index in [4.69, 9.17) is 4.74 Å². The van der Waals surface area contributed by atoms with Crippen LogP contribution < -0.4 is 5.32 Å². The highest BCUT2D eigenvalue weighted by atomic mass is 32.1. The van der Waals surface area contributed by atoms with Gasteiger partial charge in [0.05, 0.1) is 18.9 Å². The molecule has 1 aromatic rings. The van der Waals surface area contributed by atoms with Crippen molar-refractivity contribution in [3.63, 3.8) is 0 Å². The molecule has 1 atom stereocenters. The van der Waals surface area contributed by atoms with Crippen molar-refractivity contribution in [2.24, 2.45) is 5.92 Å². The van der Waals surface area contributed by atoms with Gasteiger partial charge in [0, 0.05) is 31.4 Å². The number of carbonyl (C=O) groups excluding carboxylic acids is 1. The van der Waals surface area contributed by atoms with Gasteiger partial charge >= 0.3 is 0 Å². The van der Waals surface area contributed by atoms with Crippen LogP contribution in [0.4, 0.5) is 5.13 Å².